The van der Waals surface area contributed by atoms with Crippen LogP contribution in [0.2, 0.25) is 0 Å². The summed E-state index contributed by atoms with van der Waals surface area (Å²) in [5.41, 5.74) is -0.442. The summed E-state index contributed by atoms with van der Waals surface area (Å²) in [6.07, 6.45) is 2.69. The summed E-state index contributed by atoms with van der Waals surface area (Å²) < 4.78 is 13.2. The van der Waals surface area contributed by atoms with E-state index in [4.69, 9.17) is 14.5 Å². The number of carbonyl (C=O) groups excluding carboxylic acids is 2. The topological polar surface area (TPSA) is 97.1 Å². The van der Waals surface area contributed by atoms with Gasteiger partial charge < -0.3 is 24.0 Å². The van der Waals surface area contributed by atoms with Crippen LogP contribution < -0.4 is 0 Å². The van der Waals surface area contributed by atoms with Crippen molar-refractivity contribution < 1.29 is 24.2 Å². The normalized spacial score (nSPS) is 20.1. The van der Waals surface area contributed by atoms with E-state index in [1.165, 1.54) is 0 Å². The van der Waals surface area contributed by atoms with Crippen LogP contribution in [0.1, 0.15) is 72.3 Å². The lowest BCUT2D eigenvalue weighted by molar-refractivity contribution is -0.0302. The molecule has 10 heteroatoms. The zero-order valence-corrected chi connectivity index (χ0v) is 22.9. The maximum absolute atomic E-state index is 12.7. The van der Waals surface area contributed by atoms with E-state index in [1.54, 1.807) is 16.7 Å². The van der Waals surface area contributed by atoms with Crippen LogP contribution in [-0.2, 0) is 22.1 Å². The van der Waals surface area contributed by atoms with Gasteiger partial charge in [-0.1, -0.05) is 6.08 Å². The van der Waals surface area contributed by atoms with Crippen LogP contribution in [0.15, 0.2) is 10.7 Å². The Balaban J connectivity index is 1.82. The number of rotatable bonds is 3. The van der Waals surface area contributed by atoms with Crippen molar-refractivity contribution in [3.05, 3.63) is 22.2 Å². The van der Waals surface area contributed by atoms with E-state index in [2.05, 4.69) is 15.9 Å². The summed E-state index contributed by atoms with van der Waals surface area (Å²) in [5.74, 6) is 0.750. The fourth-order valence-electron chi connectivity index (χ4n) is 4.66. The first-order valence-corrected chi connectivity index (χ1v) is 12.5. The fraction of sp³-hybridized carbons (Fsp3) is 0.708. The van der Waals surface area contributed by atoms with Crippen molar-refractivity contribution in [1.82, 2.24) is 19.4 Å². The number of imidazole rings is 1. The molecule has 1 N–H and O–H groups in total. The highest BCUT2D eigenvalue weighted by Crippen LogP contribution is 2.40. The standard InChI is InChI=1S/C24H37BrN4O5/c1-8-33-20(30)28-13-10-24(32,11-14-28)17-18(25)26-19(27(17)7)16-9-12-29(23(5,6)15-16)21(31)34-22(2,3)4/h9,32H,8,10-15H2,1-7H3. The Kier molecular flexibility index (Phi) is 7.43. The molecule has 0 saturated carbocycles. The number of halogens is 1. The van der Waals surface area contributed by atoms with Crippen molar-refractivity contribution in [3.8, 4) is 0 Å². The van der Waals surface area contributed by atoms with Crippen molar-refractivity contribution in [1.29, 1.82) is 0 Å². The van der Waals surface area contributed by atoms with Gasteiger partial charge in [-0.15, -0.1) is 0 Å². The lowest BCUT2D eigenvalue weighted by Gasteiger charge is -2.42. The molecule has 1 saturated heterocycles. The summed E-state index contributed by atoms with van der Waals surface area (Å²) in [7, 11) is 1.90. The second-order valence-corrected chi connectivity index (χ2v) is 11.4. The van der Waals surface area contributed by atoms with Gasteiger partial charge in [-0.05, 0) is 82.3 Å². The minimum atomic E-state index is -1.12. The van der Waals surface area contributed by atoms with Gasteiger partial charge in [0.05, 0.1) is 12.3 Å². The summed E-state index contributed by atoms with van der Waals surface area (Å²) >= 11 is 3.56. The maximum Gasteiger partial charge on any atom is 0.411 e. The second kappa shape index (κ2) is 9.53. The highest BCUT2D eigenvalue weighted by molar-refractivity contribution is 9.10. The molecule has 34 heavy (non-hydrogen) atoms. The molecule has 0 aromatic carbocycles. The van der Waals surface area contributed by atoms with E-state index in [1.807, 2.05) is 52.3 Å². The van der Waals surface area contributed by atoms with Crippen LogP contribution in [0, 0.1) is 0 Å². The molecule has 2 amide bonds. The lowest BCUT2D eigenvalue weighted by Crippen LogP contribution is -2.51. The van der Waals surface area contributed by atoms with Crippen LogP contribution >= 0.6 is 15.9 Å². The number of aliphatic hydroxyl groups is 1. The molecule has 2 aliphatic heterocycles. The summed E-state index contributed by atoms with van der Waals surface area (Å²) in [6.45, 7) is 12.9. The largest absolute Gasteiger partial charge is 0.450 e. The zero-order chi connectivity index (χ0) is 25.5. The molecule has 3 rings (SSSR count). The SMILES string of the molecule is CCOC(=O)N1CCC(O)(c2c(Br)nc(C3=CCN(C(=O)OC(C)(C)C)C(C)(C)C3)n2C)CC1. The molecule has 190 valence electrons. The number of likely N-dealkylation sites (tertiary alicyclic amines) is 1. The average Bonchev–Trinajstić information content (AvgIpc) is 3.01. The molecular formula is C24H37BrN4O5. The van der Waals surface area contributed by atoms with Crippen LogP contribution in [0.3, 0.4) is 0 Å². The van der Waals surface area contributed by atoms with Gasteiger partial charge in [0, 0.05) is 32.2 Å². The van der Waals surface area contributed by atoms with E-state index in [9.17, 15) is 14.7 Å². The van der Waals surface area contributed by atoms with Crippen LogP contribution in [-0.4, -0.2) is 74.0 Å². The Morgan fingerprint density at radius 3 is 2.35 bits per heavy atom. The molecule has 0 radical (unpaired) electrons. The zero-order valence-electron chi connectivity index (χ0n) is 21.3. The quantitative estimate of drug-likeness (QED) is 0.609. The molecule has 1 fully saturated rings. The third-order valence-corrected chi connectivity index (χ3v) is 6.94. The minimum Gasteiger partial charge on any atom is -0.450 e. The Hall–Kier alpha value is -2.07. The van der Waals surface area contributed by atoms with Gasteiger partial charge in [0.1, 0.15) is 21.6 Å². The molecule has 0 bridgehead atoms. The third kappa shape index (κ3) is 5.43. The summed E-state index contributed by atoms with van der Waals surface area (Å²) in [6, 6.07) is 0. The fourth-order valence-corrected chi connectivity index (χ4v) is 5.46. The summed E-state index contributed by atoms with van der Waals surface area (Å²) in [5, 5.41) is 11.5. The lowest BCUT2D eigenvalue weighted by atomic mass is 9.88. The van der Waals surface area contributed by atoms with Crippen LogP contribution in [0.5, 0.6) is 0 Å². The third-order valence-electron chi connectivity index (χ3n) is 6.39. The second-order valence-electron chi connectivity index (χ2n) is 10.7. The van der Waals surface area contributed by atoms with Gasteiger partial charge in [0.25, 0.3) is 0 Å². The van der Waals surface area contributed by atoms with E-state index in [0.717, 1.165) is 11.4 Å². The molecule has 0 aliphatic carbocycles. The Labute approximate surface area is 210 Å². The van der Waals surface area contributed by atoms with Crippen molar-refractivity contribution >= 4 is 33.7 Å². The highest BCUT2D eigenvalue weighted by atomic mass is 79.9. The molecule has 0 atom stereocenters. The molecule has 0 spiro atoms. The van der Waals surface area contributed by atoms with Crippen molar-refractivity contribution in [2.45, 2.75) is 77.5 Å². The van der Waals surface area contributed by atoms with Gasteiger partial charge in [-0.3, -0.25) is 4.90 Å². The number of aromatic nitrogens is 2. The predicted octanol–water partition coefficient (Wildman–Crippen LogP) is 4.43. The maximum atomic E-state index is 12.7. The van der Waals surface area contributed by atoms with Crippen molar-refractivity contribution in [3.63, 3.8) is 0 Å². The highest BCUT2D eigenvalue weighted by Gasteiger charge is 2.42. The number of amides is 2. The predicted molar refractivity (Wildman–Crippen MR) is 132 cm³/mol. The van der Waals surface area contributed by atoms with Gasteiger partial charge in [0.15, 0.2) is 0 Å². The molecule has 3 heterocycles. The number of piperidine rings is 1. The first-order valence-electron chi connectivity index (χ1n) is 11.8. The molecule has 0 unspecified atom stereocenters. The minimum absolute atomic E-state index is 0.326. The monoisotopic (exact) mass is 540 g/mol. The first kappa shape index (κ1) is 26.5. The Bertz CT molecular complexity index is 971. The first-order chi connectivity index (χ1) is 15.7. The number of nitrogens with zero attached hydrogens (tertiary/aromatic N) is 4. The van der Waals surface area contributed by atoms with Gasteiger partial charge in [-0.25, -0.2) is 14.6 Å². The molecule has 1 aromatic heterocycles. The smallest absolute Gasteiger partial charge is 0.411 e. The van der Waals surface area contributed by atoms with E-state index >= 15 is 0 Å². The van der Waals surface area contributed by atoms with Crippen molar-refractivity contribution in [2.75, 3.05) is 26.2 Å². The molecule has 2 aliphatic rings. The average molecular weight is 541 g/mol. The van der Waals surface area contributed by atoms with E-state index < -0.39 is 16.7 Å². The van der Waals surface area contributed by atoms with E-state index in [0.29, 0.717) is 55.8 Å². The molecule has 1 aromatic rings. The number of hydrogen-bond acceptors (Lipinski definition) is 6. The van der Waals surface area contributed by atoms with Crippen molar-refractivity contribution in [2.24, 2.45) is 7.05 Å². The number of hydrogen-bond donors (Lipinski definition) is 1. The Morgan fingerprint density at radius 2 is 1.82 bits per heavy atom. The molecular weight excluding hydrogens is 504 g/mol. The van der Waals surface area contributed by atoms with Crippen LogP contribution in [0.25, 0.3) is 5.57 Å². The van der Waals surface area contributed by atoms with Crippen LogP contribution in [0.4, 0.5) is 9.59 Å². The number of carbonyl (C=O) groups is 2. The van der Waals surface area contributed by atoms with Gasteiger partial charge in [0.2, 0.25) is 0 Å². The van der Waals surface area contributed by atoms with Gasteiger partial charge >= 0.3 is 12.2 Å². The summed E-state index contributed by atoms with van der Waals surface area (Å²) in [4.78, 5) is 32.9. The van der Waals surface area contributed by atoms with Gasteiger partial charge in [-0.2, -0.15) is 0 Å². The Morgan fingerprint density at radius 1 is 1.21 bits per heavy atom. The van der Waals surface area contributed by atoms with E-state index in [-0.39, 0.29) is 12.2 Å². The number of ether oxygens (including phenoxy) is 2. The molecule has 9 nitrogen and oxygen atoms in total.